The fraction of sp³-hybridized carbons (Fsp3) is 0.174. The zero-order valence-electron chi connectivity index (χ0n) is 16.8. The van der Waals surface area contributed by atoms with Crippen LogP contribution in [0.1, 0.15) is 18.1 Å². The highest BCUT2D eigenvalue weighted by molar-refractivity contribution is 6.31. The van der Waals surface area contributed by atoms with Crippen LogP contribution in [0, 0.1) is 5.82 Å². The fourth-order valence-electron chi connectivity index (χ4n) is 3.18. The molecule has 0 fully saturated rings. The summed E-state index contributed by atoms with van der Waals surface area (Å²) in [4.78, 5) is 16.9. The van der Waals surface area contributed by atoms with Crippen LogP contribution in [0.5, 0.6) is 11.5 Å². The normalized spacial score (nSPS) is 10.9. The molecule has 1 heterocycles. The van der Waals surface area contributed by atoms with Crippen molar-refractivity contribution in [3.8, 4) is 11.5 Å². The van der Waals surface area contributed by atoms with Crippen LogP contribution >= 0.6 is 11.6 Å². The molecule has 160 valence electrons. The molecule has 3 aromatic carbocycles. The van der Waals surface area contributed by atoms with Gasteiger partial charge in [-0.15, -0.1) is 0 Å². The number of fused-ring (bicyclic) bond motifs is 1. The second kappa shape index (κ2) is 9.14. The smallest absolute Gasteiger partial charge is 0.323 e. The zero-order chi connectivity index (χ0) is 21.8. The number of nitrogens with one attached hydrogen (secondary N) is 3. The second-order valence-electron chi connectivity index (χ2n) is 6.93. The summed E-state index contributed by atoms with van der Waals surface area (Å²) in [6, 6.07) is 15.3. The van der Waals surface area contributed by atoms with Crippen molar-refractivity contribution in [2.75, 3.05) is 11.9 Å². The van der Waals surface area contributed by atoms with Crippen LogP contribution in [0.25, 0.3) is 11.0 Å². The Hall–Kier alpha value is -3.45. The van der Waals surface area contributed by atoms with Gasteiger partial charge in [0.1, 0.15) is 12.4 Å². The van der Waals surface area contributed by atoms with Crippen molar-refractivity contribution in [2.24, 2.45) is 0 Å². The van der Waals surface area contributed by atoms with Crippen LogP contribution in [0.3, 0.4) is 0 Å². The molecule has 4 aromatic rings. The summed E-state index contributed by atoms with van der Waals surface area (Å²) >= 11 is 6.49. The van der Waals surface area contributed by atoms with Gasteiger partial charge in [-0.2, -0.15) is 0 Å². The summed E-state index contributed by atoms with van der Waals surface area (Å²) in [7, 11) is 0. The number of aromatic nitrogens is 2. The first-order chi connectivity index (χ1) is 15.0. The molecule has 0 unspecified atom stereocenters. The number of imidazole rings is 1. The van der Waals surface area contributed by atoms with E-state index in [1.165, 1.54) is 12.1 Å². The average molecular weight is 442 g/mol. The molecule has 6 nitrogen and oxygen atoms in total. The van der Waals surface area contributed by atoms with Crippen molar-refractivity contribution in [1.82, 2.24) is 9.97 Å². The van der Waals surface area contributed by atoms with Crippen LogP contribution < -0.4 is 20.5 Å². The van der Waals surface area contributed by atoms with Gasteiger partial charge >= 0.3 is 5.69 Å². The summed E-state index contributed by atoms with van der Waals surface area (Å²) in [5.41, 5.74) is 3.74. The van der Waals surface area contributed by atoms with Crippen LogP contribution in [0.15, 0.2) is 59.4 Å². The minimum atomic E-state index is -0.291. The van der Waals surface area contributed by atoms with Crippen molar-refractivity contribution < 1.29 is 13.9 Å². The summed E-state index contributed by atoms with van der Waals surface area (Å²) < 4.78 is 24.7. The monoisotopic (exact) mass is 441 g/mol. The second-order valence-corrected chi connectivity index (χ2v) is 7.34. The zero-order valence-corrected chi connectivity index (χ0v) is 17.6. The Morgan fingerprint density at radius 3 is 2.48 bits per heavy atom. The number of hydrogen-bond donors (Lipinski definition) is 3. The number of anilines is 1. The Balaban J connectivity index is 1.49. The van der Waals surface area contributed by atoms with Crippen LogP contribution in [0.4, 0.5) is 10.1 Å². The van der Waals surface area contributed by atoms with E-state index in [0.717, 1.165) is 27.8 Å². The Labute approximate surface area is 183 Å². The van der Waals surface area contributed by atoms with Crippen molar-refractivity contribution >= 4 is 28.3 Å². The predicted molar refractivity (Wildman–Crippen MR) is 120 cm³/mol. The number of H-pyrrole nitrogens is 2. The maximum atomic E-state index is 13.1. The highest BCUT2D eigenvalue weighted by Gasteiger charge is 2.12. The minimum absolute atomic E-state index is 0.243. The van der Waals surface area contributed by atoms with Gasteiger partial charge in [-0.3, -0.25) is 0 Å². The Bertz CT molecular complexity index is 1250. The van der Waals surface area contributed by atoms with Gasteiger partial charge in [0.15, 0.2) is 11.5 Å². The first kappa shape index (κ1) is 20.8. The number of hydrogen-bond acceptors (Lipinski definition) is 4. The van der Waals surface area contributed by atoms with E-state index in [9.17, 15) is 9.18 Å². The van der Waals surface area contributed by atoms with Crippen LogP contribution in [-0.2, 0) is 13.2 Å². The summed E-state index contributed by atoms with van der Waals surface area (Å²) in [6.45, 7) is 3.09. The molecule has 31 heavy (non-hydrogen) atoms. The van der Waals surface area contributed by atoms with E-state index in [1.54, 1.807) is 18.2 Å². The van der Waals surface area contributed by atoms with E-state index < -0.39 is 0 Å². The van der Waals surface area contributed by atoms with E-state index in [1.807, 2.05) is 31.2 Å². The maximum absolute atomic E-state index is 13.1. The summed E-state index contributed by atoms with van der Waals surface area (Å²) in [6.07, 6.45) is 0. The van der Waals surface area contributed by atoms with Gasteiger partial charge in [-0.25, -0.2) is 9.18 Å². The Kier molecular flexibility index (Phi) is 6.13. The standard InChI is InChI=1S/C23H21ClFN3O3/c1-2-30-21-9-15(12-26-17-7-8-19-20(10-17)28-23(29)27-19)18(24)11-22(21)31-13-14-3-5-16(25)6-4-14/h3-11,26H,2,12-13H2,1H3,(H2,27,28,29). The molecule has 0 aliphatic heterocycles. The van der Waals surface area contributed by atoms with Crippen molar-refractivity contribution in [1.29, 1.82) is 0 Å². The van der Waals surface area contributed by atoms with Gasteiger partial charge in [0, 0.05) is 23.3 Å². The number of rotatable bonds is 8. The van der Waals surface area contributed by atoms with Crippen LogP contribution in [-0.4, -0.2) is 16.6 Å². The largest absolute Gasteiger partial charge is 0.490 e. The Morgan fingerprint density at radius 2 is 1.71 bits per heavy atom. The molecule has 4 rings (SSSR count). The SMILES string of the molecule is CCOc1cc(CNc2ccc3[nH]c(=O)[nH]c3c2)c(Cl)cc1OCc1ccc(F)cc1. The van der Waals surface area contributed by atoms with E-state index >= 15 is 0 Å². The molecule has 0 bridgehead atoms. The molecule has 0 saturated heterocycles. The number of benzene rings is 3. The Morgan fingerprint density at radius 1 is 0.968 bits per heavy atom. The first-order valence-corrected chi connectivity index (χ1v) is 10.2. The van der Waals surface area contributed by atoms with Gasteiger partial charge in [0.2, 0.25) is 0 Å². The molecule has 3 N–H and O–H groups in total. The highest BCUT2D eigenvalue weighted by Crippen LogP contribution is 2.34. The molecule has 0 amide bonds. The topological polar surface area (TPSA) is 79.1 Å². The van der Waals surface area contributed by atoms with E-state index in [0.29, 0.717) is 29.7 Å². The lowest BCUT2D eigenvalue weighted by Gasteiger charge is -2.16. The molecular weight excluding hydrogens is 421 g/mol. The molecular formula is C23H21ClFN3O3. The molecule has 0 aliphatic rings. The van der Waals surface area contributed by atoms with Gasteiger partial charge in [-0.1, -0.05) is 23.7 Å². The number of ether oxygens (including phenoxy) is 2. The number of halogens is 2. The lowest BCUT2D eigenvalue weighted by molar-refractivity contribution is 0.269. The van der Waals surface area contributed by atoms with Crippen molar-refractivity contribution in [3.05, 3.63) is 87.0 Å². The predicted octanol–water partition coefficient (Wildman–Crippen LogP) is 5.24. The summed E-state index contributed by atoms with van der Waals surface area (Å²) in [5, 5.41) is 3.83. The van der Waals surface area contributed by atoms with Gasteiger partial charge < -0.3 is 24.8 Å². The average Bonchev–Trinajstić information content (AvgIpc) is 3.13. The van der Waals surface area contributed by atoms with Gasteiger partial charge in [0.25, 0.3) is 0 Å². The molecule has 0 atom stereocenters. The minimum Gasteiger partial charge on any atom is -0.490 e. The van der Waals surface area contributed by atoms with Crippen molar-refractivity contribution in [2.45, 2.75) is 20.1 Å². The van der Waals surface area contributed by atoms with Crippen molar-refractivity contribution in [3.63, 3.8) is 0 Å². The molecule has 0 spiro atoms. The molecule has 0 aliphatic carbocycles. The first-order valence-electron chi connectivity index (χ1n) is 9.80. The van der Waals surface area contributed by atoms with E-state index in [4.69, 9.17) is 21.1 Å². The highest BCUT2D eigenvalue weighted by atomic mass is 35.5. The third-order valence-electron chi connectivity index (χ3n) is 4.72. The third-order valence-corrected chi connectivity index (χ3v) is 5.07. The summed E-state index contributed by atoms with van der Waals surface area (Å²) in [5.74, 6) is 0.808. The van der Waals surface area contributed by atoms with Crippen LogP contribution in [0.2, 0.25) is 5.02 Å². The quantitative estimate of drug-likeness (QED) is 0.349. The third kappa shape index (κ3) is 5.00. The van der Waals surface area contributed by atoms with E-state index in [2.05, 4.69) is 15.3 Å². The molecule has 8 heteroatoms. The number of aromatic amines is 2. The fourth-order valence-corrected chi connectivity index (χ4v) is 3.40. The van der Waals surface area contributed by atoms with Gasteiger partial charge in [0.05, 0.1) is 17.6 Å². The van der Waals surface area contributed by atoms with E-state index in [-0.39, 0.29) is 18.1 Å². The molecule has 1 aromatic heterocycles. The molecule has 0 radical (unpaired) electrons. The lowest BCUT2D eigenvalue weighted by atomic mass is 10.2. The molecule has 0 saturated carbocycles. The lowest BCUT2D eigenvalue weighted by Crippen LogP contribution is -2.04. The maximum Gasteiger partial charge on any atom is 0.323 e. The van der Waals surface area contributed by atoms with Gasteiger partial charge in [-0.05, 0) is 54.4 Å².